The van der Waals surface area contributed by atoms with E-state index in [2.05, 4.69) is 5.32 Å². The molecule has 6 heteroatoms. The SMILES string of the molecule is Cc1ccc(NC(=O)COC(=O)CC23C[C@@H]4C[C@@H](CC(O)(C4)C2)C3)c(Cl)c1. The number of hydrogen-bond donors (Lipinski definition) is 2. The Hall–Kier alpha value is -1.59. The molecular weight excluding hydrogens is 366 g/mol. The van der Waals surface area contributed by atoms with Crippen molar-refractivity contribution in [2.45, 2.75) is 57.5 Å². The number of halogens is 1. The molecule has 2 N–H and O–H groups in total. The maximum Gasteiger partial charge on any atom is 0.306 e. The van der Waals surface area contributed by atoms with Gasteiger partial charge in [-0.2, -0.15) is 0 Å². The van der Waals surface area contributed by atoms with Crippen LogP contribution < -0.4 is 5.32 Å². The fraction of sp³-hybridized carbons (Fsp3) is 0.619. The van der Waals surface area contributed by atoms with Crippen molar-refractivity contribution in [1.29, 1.82) is 0 Å². The van der Waals surface area contributed by atoms with Gasteiger partial charge in [-0.3, -0.25) is 9.59 Å². The summed E-state index contributed by atoms with van der Waals surface area (Å²) in [6, 6.07) is 5.35. The number of carbonyl (C=O) groups is 2. The summed E-state index contributed by atoms with van der Waals surface area (Å²) in [6.45, 7) is 1.59. The smallest absolute Gasteiger partial charge is 0.306 e. The first-order valence-corrected chi connectivity index (χ1v) is 10.1. The van der Waals surface area contributed by atoms with Crippen molar-refractivity contribution in [3.8, 4) is 0 Å². The number of anilines is 1. The minimum Gasteiger partial charge on any atom is -0.456 e. The minimum absolute atomic E-state index is 0.146. The zero-order valence-electron chi connectivity index (χ0n) is 15.6. The number of hydrogen-bond acceptors (Lipinski definition) is 4. The van der Waals surface area contributed by atoms with Crippen molar-refractivity contribution >= 4 is 29.2 Å². The summed E-state index contributed by atoms with van der Waals surface area (Å²) in [5.74, 6) is 0.288. The van der Waals surface area contributed by atoms with Crippen LogP contribution in [-0.2, 0) is 14.3 Å². The van der Waals surface area contributed by atoms with Crippen molar-refractivity contribution in [2.24, 2.45) is 17.3 Å². The third kappa shape index (κ3) is 3.99. The standard InChI is InChI=1S/C21H26ClNO4/c1-13-2-3-17(16(22)4-13)23-18(24)11-27-19(25)10-20-6-14-5-15(7-20)9-21(26,8-14)12-20/h2-4,14-15,26H,5-12H2,1H3,(H,23,24)/t14-,15+,20?,21?. The molecule has 5 rings (SSSR count). The van der Waals surface area contributed by atoms with Crippen LogP contribution >= 0.6 is 11.6 Å². The molecule has 1 aromatic rings. The van der Waals surface area contributed by atoms with E-state index in [0.717, 1.165) is 31.2 Å². The molecule has 0 aromatic heterocycles. The van der Waals surface area contributed by atoms with Crippen LogP contribution in [0.2, 0.25) is 5.02 Å². The largest absolute Gasteiger partial charge is 0.456 e. The highest BCUT2D eigenvalue weighted by Gasteiger charge is 2.57. The van der Waals surface area contributed by atoms with Gasteiger partial charge in [-0.05, 0) is 80.4 Å². The van der Waals surface area contributed by atoms with E-state index in [9.17, 15) is 14.7 Å². The number of rotatable bonds is 5. The van der Waals surface area contributed by atoms with E-state index in [4.69, 9.17) is 16.3 Å². The first-order chi connectivity index (χ1) is 12.7. The van der Waals surface area contributed by atoms with Gasteiger partial charge in [0.1, 0.15) is 0 Å². The molecule has 2 unspecified atom stereocenters. The Labute approximate surface area is 164 Å². The van der Waals surface area contributed by atoms with E-state index in [1.807, 2.05) is 13.0 Å². The molecule has 4 aliphatic carbocycles. The third-order valence-electron chi connectivity index (χ3n) is 6.43. The quantitative estimate of drug-likeness (QED) is 0.747. The van der Waals surface area contributed by atoms with E-state index in [0.29, 0.717) is 35.4 Å². The van der Waals surface area contributed by atoms with Crippen molar-refractivity contribution in [1.82, 2.24) is 0 Å². The Morgan fingerprint density at radius 2 is 1.96 bits per heavy atom. The molecule has 0 heterocycles. The number of nitrogens with one attached hydrogen (secondary N) is 1. The van der Waals surface area contributed by atoms with Gasteiger partial charge < -0.3 is 15.2 Å². The summed E-state index contributed by atoms with van der Waals surface area (Å²) >= 11 is 6.11. The number of benzene rings is 1. The molecule has 0 spiro atoms. The molecule has 146 valence electrons. The van der Waals surface area contributed by atoms with Crippen LogP contribution in [-0.4, -0.2) is 29.2 Å². The molecule has 4 fully saturated rings. The molecule has 4 aliphatic rings. The lowest BCUT2D eigenvalue weighted by atomic mass is 9.47. The molecule has 1 amide bonds. The summed E-state index contributed by atoms with van der Waals surface area (Å²) in [7, 11) is 0. The lowest BCUT2D eigenvalue weighted by molar-refractivity contribution is -0.177. The summed E-state index contributed by atoms with van der Waals surface area (Å²) < 4.78 is 5.24. The zero-order valence-corrected chi connectivity index (χ0v) is 16.3. The number of carbonyl (C=O) groups excluding carboxylic acids is 2. The van der Waals surface area contributed by atoms with Gasteiger partial charge in [-0.1, -0.05) is 17.7 Å². The van der Waals surface area contributed by atoms with Gasteiger partial charge in [-0.15, -0.1) is 0 Å². The molecule has 4 bridgehead atoms. The van der Waals surface area contributed by atoms with E-state index >= 15 is 0 Å². The average molecular weight is 392 g/mol. The number of ether oxygens (including phenoxy) is 1. The molecule has 4 atom stereocenters. The summed E-state index contributed by atoms with van der Waals surface area (Å²) in [5.41, 5.74) is 0.768. The highest BCUT2D eigenvalue weighted by molar-refractivity contribution is 6.33. The average Bonchev–Trinajstić information content (AvgIpc) is 2.53. The fourth-order valence-corrected chi connectivity index (χ4v) is 6.30. The molecule has 0 saturated heterocycles. The highest BCUT2D eigenvalue weighted by Crippen LogP contribution is 2.62. The second-order valence-corrected chi connectivity index (χ2v) is 9.46. The van der Waals surface area contributed by atoms with Crippen molar-refractivity contribution in [3.05, 3.63) is 28.8 Å². The van der Waals surface area contributed by atoms with Crippen LogP contribution in [0.5, 0.6) is 0 Å². The minimum atomic E-state index is -0.593. The van der Waals surface area contributed by atoms with E-state index in [-0.39, 0.29) is 18.0 Å². The van der Waals surface area contributed by atoms with Crippen LogP contribution in [0.15, 0.2) is 18.2 Å². The monoisotopic (exact) mass is 391 g/mol. The third-order valence-corrected chi connectivity index (χ3v) is 6.75. The molecule has 1 aromatic carbocycles. The topological polar surface area (TPSA) is 75.6 Å². The molecule has 0 aliphatic heterocycles. The predicted molar refractivity (Wildman–Crippen MR) is 102 cm³/mol. The van der Waals surface area contributed by atoms with Crippen molar-refractivity contribution < 1.29 is 19.4 Å². The normalized spacial score (nSPS) is 33.7. The molecule has 5 nitrogen and oxygen atoms in total. The highest BCUT2D eigenvalue weighted by atomic mass is 35.5. The lowest BCUT2D eigenvalue weighted by Crippen LogP contribution is -2.56. The summed E-state index contributed by atoms with van der Waals surface area (Å²) in [5, 5.41) is 13.9. The Morgan fingerprint density at radius 3 is 2.59 bits per heavy atom. The first-order valence-electron chi connectivity index (χ1n) is 9.68. The van der Waals surface area contributed by atoms with E-state index in [1.54, 1.807) is 12.1 Å². The Morgan fingerprint density at radius 1 is 1.26 bits per heavy atom. The van der Waals surface area contributed by atoms with Crippen LogP contribution in [0.3, 0.4) is 0 Å². The van der Waals surface area contributed by atoms with Gasteiger partial charge >= 0.3 is 5.97 Å². The fourth-order valence-electron chi connectivity index (χ4n) is 6.02. The number of aryl methyl sites for hydroxylation is 1. The van der Waals surface area contributed by atoms with Crippen LogP contribution in [0, 0.1) is 24.2 Å². The summed E-state index contributed by atoms with van der Waals surface area (Å²) in [6.07, 6.45) is 5.89. The van der Waals surface area contributed by atoms with Gasteiger partial charge in [0.05, 0.1) is 22.7 Å². The van der Waals surface area contributed by atoms with Crippen LogP contribution in [0.1, 0.15) is 50.5 Å². The van der Waals surface area contributed by atoms with Crippen molar-refractivity contribution in [2.75, 3.05) is 11.9 Å². The zero-order chi connectivity index (χ0) is 19.2. The van der Waals surface area contributed by atoms with Gasteiger partial charge in [0, 0.05) is 0 Å². The predicted octanol–water partition coefficient (Wildman–Crippen LogP) is 3.85. The van der Waals surface area contributed by atoms with Gasteiger partial charge in [0.15, 0.2) is 6.61 Å². The maximum atomic E-state index is 12.4. The Balaban J connectivity index is 1.30. The lowest BCUT2D eigenvalue weighted by Gasteiger charge is -2.60. The summed E-state index contributed by atoms with van der Waals surface area (Å²) in [4.78, 5) is 24.5. The van der Waals surface area contributed by atoms with E-state index < -0.39 is 11.5 Å². The van der Waals surface area contributed by atoms with Gasteiger partial charge in [-0.25, -0.2) is 0 Å². The Bertz CT molecular complexity index is 763. The second kappa shape index (κ2) is 6.78. The second-order valence-electron chi connectivity index (χ2n) is 9.05. The number of aliphatic hydroxyl groups is 1. The number of amides is 1. The first kappa shape index (κ1) is 18.8. The van der Waals surface area contributed by atoms with Gasteiger partial charge in [0.2, 0.25) is 0 Å². The molecular formula is C21H26ClNO4. The van der Waals surface area contributed by atoms with E-state index in [1.165, 1.54) is 6.42 Å². The van der Waals surface area contributed by atoms with Crippen molar-refractivity contribution in [3.63, 3.8) is 0 Å². The molecule has 27 heavy (non-hydrogen) atoms. The maximum absolute atomic E-state index is 12.4. The van der Waals surface area contributed by atoms with Crippen LogP contribution in [0.25, 0.3) is 0 Å². The number of esters is 1. The molecule has 0 radical (unpaired) electrons. The molecule has 4 saturated carbocycles. The van der Waals surface area contributed by atoms with Crippen LogP contribution in [0.4, 0.5) is 5.69 Å². The Kier molecular flexibility index (Phi) is 4.71. The van der Waals surface area contributed by atoms with Gasteiger partial charge in [0.25, 0.3) is 5.91 Å².